The summed E-state index contributed by atoms with van der Waals surface area (Å²) in [5.74, 6) is 1.26. The van der Waals surface area contributed by atoms with Gasteiger partial charge in [0, 0.05) is 30.1 Å². The molecule has 2 aromatic heterocycles. The van der Waals surface area contributed by atoms with E-state index in [0.717, 1.165) is 33.1 Å². The number of para-hydroxylation sites is 1. The van der Waals surface area contributed by atoms with Crippen molar-refractivity contribution in [2.45, 2.75) is 58.8 Å². The van der Waals surface area contributed by atoms with Crippen LogP contribution in [-0.4, -0.2) is 22.4 Å². The Bertz CT molecular complexity index is 1390. The van der Waals surface area contributed by atoms with Crippen molar-refractivity contribution in [1.82, 2.24) is 15.3 Å². The van der Waals surface area contributed by atoms with Crippen LogP contribution in [0.25, 0.3) is 10.4 Å². The van der Waals surface area contributed by atoms with E-state index in [2.05, 4.69) is 68.4 Å². The molecule has 4 aromatic rings. The predicted octanol–water partition coefficient (Wildman–Crippen LogP) is 7.84. The SMILES string of the molecule is CCNC(=O)CC(C)(C)c1nc(Nc2cccnc2Oc2ccccc2C(C)(C)C)sc1-c1ccccc1. The summed E-state index contributed by atoms with van der Waals surface area (Å²) in [7, 11) is 0. The molecule has 0 unspecified atom stereocenters. The lowest BCUT2D eigenvalue weighted by atomic mass is 9.83. The summed E-state index contributed by atoms with van der Waals surface area (Å²) in [6.07, 6.45) is 2.06. The van der Waals surface area contributed by atoms with Crippen molar-refractivity contribution >= 4 is 28.1 Å². The second-order valence-electron chi connectivity index (χ2n) is 10.9. The molecule has 0 fully saturated rings. The predicted molar refractivity (Wildman–Crippen MR) is 157 cm³/mol. The minimum atomic E-state index is -0.471. The van der Waals surface area contributed by atoms with E-state index in [0.29, 0.717) is 24.0 Å². The van der Waals surface area contributed by atoms with Gasteiger partial charge in [-0.3, -0.25) is 4.79 Å². The topological polar surface area (TPSA) is 76.1 Å². The number of ether oxygens (including phenoxy) is 1. The normalized spacial score (nSPS) is 11.7. The second-order valence-corrected chi connectivity index (χ2v) is 11.9. The molecule has 2 heterocycles. The first-order valence-electron chi connectivity index (χ1n) is 12.9. The molecule has 6 nitrogen and oxygen atoms in total. The Morgan fingerprint density at radius 3 is 2.37 bits per heavy atom. The second kappa shape index (κ2) is 11.4. The Kier molecular flexibility index (Phi) is 8.17. The highest BCUT2D eigenvalue weighted by molar-refractivity contribution is 7.19. The lowest BCUT2D eigenvalue weighted by Crippen LogP contribution is -2.31. The average Bonchev–Trinajstić information content (AvgIpc) is 3.30. The Balaban J connectivity index is 1.70. The number of benzene rings is 2. The smallest absolute Gasteiger partial charge is 0.243 e. The quantitative estimate of drug-likeness (QED) is 0.231. The fourth-order valence-corrected chi connectivity index (χ4v) is 5.49. The van der Waals surface area contributed by atoms with Crippen LogP contribution in [-0.2, 0) is 15.6 Å². The number of thiazole rings is 1. The lowest BCUT2D eigenvalue weighted by molar-refractivity contribution is -0.122. The highest BCUT2D eigenvalue weighted by Gasteiger charge is 2.31. The largest absolute Gasteiger partial charge is 0.437 e. The van der Waals surface area contributed by atoms with Crippen LogP contribution >= 0.6 is 11.3 Å². The number of rotatable bonds is 9. The van der Waals surface area contributed by atoms with Crippen molar-refractivity contribution < 1.29 is 9.53 Å². The maximum atomic E-state index is 12.5. The van der Waals surface area contributed by atoms with E-state index in [9.17, 15) is 4.79 Å². The molecule has 0 aliphatic carbocycles. The summed E-state index contributed by atoms with van der Waals surface area (Å²) >= 11 is 1.56. The highest BCUT2D eigenvalue weighted by atomic mass is 32.1. The highest BCUT2D eigenvalue weighted by Crippen LogP contribution is 2.43. The average molecular weight is 529 g/mol. The van der Waals surface area contributed by atoms with Gasteiger partial charge in [-0.2, -0.15) is 0 Å². The van der Waals surface area contributed by atoms with Crippen LogP contribution in [0.3, 0.4) is 0 Å². The molecule has 2 aromatic carbocycles. The Morgan fingerprint density at radius 1 is 0.947 bits per heavy atom. The number of hydrogen-bond acceptors (Lipinski definition) is 6. The van der Waals surface area contributed by atoms with Gasteiger partial charge in [0.25, 0.3) is 0 Å². The molecule has 1 amide bonds. The number of anilines is 2. The van der Waals surface area contributed by atoms with Crippen LogP contribution < -0.4 is 15.4 Å². The molecule has 0 atom stereocenters. The zero-order chi connectivity index (χ0) is 27.3. The molecule has 4 rings (SSSR count). The molecular weight excluding hydrogens is 492 g/mol. The van der Waals surface area contributed by atoms with Gasteiger partial charge in [0.1, 0.15) is 11.4 Å². The van der Waals surface area contributed by atoms with Crippen LogP contribution in [0.4, 0.5) is 10.8 Å². The summed E-state index contributed by atoms with van der Waals surface area (Å²) in [6.45, 7) is 13.2. The zero-order valence-corrected chi connectivity index (χ0v) is 23.8. The van der Waals surface area contributed by atoms with Gasteiger partial charge < -0.3 is 15.4 Å². The lowest BCUT2D eigenvalue weighted by Gasteiger charge is -2.23. The third kappa shape index (κ3) is 6.40. The number of amides is 1. The minimum Gasteiger partial charge on any atom is -0.437 e. The van der Waals surface area contributed by atoms with E-state index in [-0.39, 0.29) is 11.3 Å². The van der Waals surface area contributed by atoms with E-state index >= 15 is 0 Å². The number of aromatic nitrogens is 2. The van der Waals surface area contributed by atoms with Crippen molar-refractivity contribution in [2.24, 2.45) is 0 Å². The summed E-state index contributed by atoms with van der Waals surface area (Å²) < 4.78 is 6.36. The van der Waals surface area contributed by atoms with Crippen molar-refractivity contribution in [1.29, 1.82) is 0 Å². The monoisotopic (exact) mass is 528 g/mol. The first-order chi connectivity index (χ1) is 18.1. The molecule has 0 radical (unpaired) electrons. The van der Waals surface area contributed by atoms with E-state index in [1.807, 2.05) is 55.5 Å². The molecule has 0 spiro atoms. The number of carbonyl (C=O) groups is 1. The summed E-state index contributed by atoms with van der Waals surface area (Å²) in [4.78, 5) is 23.1. The van der Waals surface area contributed by atoms with E-state index in [1.165, 1.54) is 0 Å². The molecule has 7 heteroatoms. The number of hydrogen-bond donors (Lipinski definition) is 2. The minimum absolute atomic E-state index is 0.0134. The molecule has 0 aliphatic heterocycles. The van der Waals surface area contributed by atoms with Crippen molar-refractivity contribution in [2.75, 3.05) is 11.9 Å². The van der Waals surface area contributed by atoms with Gasteiger partial charge in [0.2, 0.25) is 11.8 Å². The van der Waals surface area contributed by atoms with Crippen molar-refractivity contribution in [3.8, 4) is 22.1 Å². The molecule has 0 saturated heterocycles. The van der Waals surface area contributed by atoms with Gasteiger partial charge in [-0.05, 0) is 36.1 Å². The Morgan fingerprint density at radius 2 is 1.66 bits per heavy atom. The van der Waals surface area contributed by atoms with Crippen LogP contribution in [0.1, 0.15) is 59.2 Å². The molecule has 2 N–H and O–H groups in total. The molecule has 38 heavy (non-hydrogen) atoms. The molecule has 0 bridgehead atoms. The molecule has 0 aliphatic rings. The van der Waals surface area contributed by atoms with Crippen LogP contribution in [0.5, 0.6) is 11.6 Å². The van der Waals surface area contributed by atoms with Crippen LogP contribution in [0.15, 0.2) is 72.9 Å². The first-order valence-corrected chi connectivity index (χ1v) is 13.7. The van der Waals surface area contributed by atoms with Crippen molar-refractivity contribution in [3.63, 3.8) is 0 Å². The number of carbonyl (C=O) groups excluding carboxylic acids is 1. The number of nitrogens with one attached hydrogen (secondary N) is 2. The fourth-order valence-electron chi connectivity index (χ4n) is 4.32. The Hall–Kier alpha value is -3.71. The molecular formula is C31H36N4O2S. The van der Waals surface area contributed by atoms with Gasteiger partial charge in [0.05, 0.1) is 10.6 Å². The van der Waals surface area contributed by atoms with Crippen LogP contribution in [0.2, 0.25) is 0 Å². The van der Waals surface area contributed by atoms with Crippen molar-refractivity contribution in [3.05, 3.63) is 84.2 Å². The van der Waals surface area contributed by atoms with Gasteiger partial charge in [0.15, 0.2) is 5.13 Å². The third-order valence-corrected chi connectivity index (χ3v) is 7.21. The third-order valence-electron chi connectivity index (χ3n) is 6.20. The standard InChI is InChI=1S/C31H36N4O2S/c1-7-32-25(36)20-31(5,6)27-26(21-14-9-8-10-15-21)38-29(35-27)34-23-17-13-19-33-28(23)37-24-18-12-11-16-22(24)30(2,3)4/h8-19H,7,20H2,1-6H3,(H,32,36)(H,34,35). The summed E-state index contributed by atoms with van der Waals surface area (Å²) in [5.41, 5.74) is 3.22. The van der Waals surface area contributed by atoms with E-state index < -0.39 is 5.41 Å². The maximum absolute atomic E-state index is 12.5. The number of nitrogens with zero attached hydrogens (tertiary/aromatic N) is 2. The number of pyridine rings is 1. The molecule has 0 saturated carbocycles. The first kappa shape index (κ1) is 27.3. The zero-order valence-electron chi connectivity index (χ0n) is 23.0. The molecule has 198 valence electrons. The van der Waals surface area contributed by atoms with Gasteiger partial charge in [-0.15, -0.1) is 0 Å². The summed E-state index contributed by atoms with van der Waals surface area (Å²) in [6, 6.07) is 22.0. The van der Waals surface area contributed by atoms with Gasteiger partial charge >= 0.3 is 0 Å². The fraction of sp³-hybridized carbons (Fsp3) is 0.323. The van der Waals surface area contributed by atoms with E-state index in [1.54, 1.807) is 17.5 Å². The summed E-state index contributed by atoms with van der Waals surface area (Å²) in [5, 5.41) is 7.08. The Labute approximate surface area is 229 Å². The van der Waals surface area contributed by atoms with Crippen LogP contribution in [0, 0.1) is 0 Å². The maximum Gasteiger partial charge on any atom is 0.243 e. The van der Waals surface area contributed by atoms with Gasteiger partial charge in [-0.25, -0.2) is 9.97 Å². The van der Waals surface area contributed by atoms with E-state index in [4.69, 9.17) is 9.72 Å². The van der Waals surface area contributed by atoms with Gasteiger partial charge in [-0.1, -0.05) is 94.5 Å².